The van der Waals surface area contributed by atoms with E-state index < -0.39 is 0 Å². The number of hydrogen-bond acceptors (Lipinski definition) is 4. The van der Waals surface area contributed by atoms with Gasteiger partial charge in [0.15, 0.2) is 5.82 Å². The van der Waals surface area contributed by atoms with E-state index in [0.717, 1.165) is 25.1 Å². The second kappa shape index (κ2) is 6.98. The lowest BCUT2D eigenvalue weighted by molar-refractivity contribution is 0.137. The summed E-state index contributed by atoms with van der Waals surface area (Å²) < 4.78 is 1.66. The first-order valence-corrected chi connectivity index (χ1v) is 8.47. The Kier molecular flexibility index (Phi) is 4.78. The number of amides is 2. The van der Waals surface area contributed by atoms with Crippen LogP contribution in [0, 0.1) is 5.92 Å². The number of rotatable bonds is 3. The van der Waals surface area contributed by atoms with Gasteiger partial charge in [0.05, 0.1) is 11.7 Å². The molecular weight excluding hydrogens is 304 g/mol. The van der Waals surface area contributed by atoms with E-state index in [1.807, 2.05) is 42.2 Å². The van der Waals surface area contributed by atoms with E-state index in [9.17, 15) is 4.79 Å². The summed E-state index contributed by atoms with van der Waals surface area (Å²) >= 11 is 0. The Morgan fingerprint density at radius 2 is 2.04 bits per heavy atom. The molecule has 1 aromatic carbocycles. The fourth-order valence-corrected chi connectivity index (χ4v) is 3.26. The highest BCUT2D eigenvalue weighted by atomic mass is 16.2. The highest BCUT2D eigenvalue weighted by molar-refractivity contribution is 5.75. The fourth-order valence-electron chi connectivity index (χ4n) is 3.26. The molecule has 1 aromatic heterocycles. The molecule has 128 valence electrons. The van der Waals surface area contributed by atoms with Crippen molar-refractivity contribution in [1.82, 2.24) is 30.4 Å². The summed E-state index contributed by atoms with van der Waals surface area (Å²) in [5.41, 5.74) is 0.874. The molecule has 0 aliphatic carbocycles. The molecule has 3 rings (SSSR count). The predicted molar refractivity (Wildman–Crippen MR) is 90.7 cm³/mol. The van der Waals surface area contributed by atoms with E-state index in [1.54, 1.807) is 4.68 Å². The zero-order valence-electron chi connectivity index (χ0n) is 14.4. The Hall–Kier alpha value is -2.44. The van der Waals surface area contributed by atoms with E-state index in [0.29, 0.717) is 11.7 Å². The largest absolute Gasteiger partial charge is 0.328 e. The van der Waals surface area contributed by atoms with Crippen molar-refractivity contribution in [2.45, 2.75) is 45.7 Å². The molecule has 0 saturated carbocycles. The quantitative estimate of drug-likeness (QED) is 0.939. The molecular formula is C17H24N6O. The highest BCUT2D eigenvalue weighted by Crippen LogP contribution is 2.23. The number of carbonyl (C=O) groups excluding carboxylic acids is 1. The van der Waals surface area contributed by atoms with Gasteiger partial charge >= 0.3 is 6.03 Å². The molecule has 2 heterocycles. The third-order valence-corrected chi connectivity index (χ3v) is 4.62. The molecule has 0 spiro atoms. The average molecular weight is 328 g/mol. The van der Waals surface area contributed by atoms with E-state index in [1.165, 1.54) is 0 Å². The fraction of sp³-hybridized carbons (Fsp3) is 0.529. The number of tetrazole rings is 1. The van der Waals surface area contributed by atoms with Gasteiger partial charge < -0.3 is 10.2 Å². The summed E-state index contributed by atoms with van der Waals surface area (Å²) in [6, 6.07) is 9.60. The monoisotopic (exact) mass is 328 g/mol. The van der Waals surface area contributed by atoms with Gasteiger partial charge in [-0.2, -0.15) is 4.68 Å². The Labute approximate surface area is 142 Å². The first-order chi connectivity index (χ1) is 11.6. The maximum atomic E-state index is 12.6. The van der Waals surface area contributed by atoms with Crippen LogP contribution in [-0.2, 0) is 0 Å². The van der Waals surface area contributed by atoms with Crippen molar-refractivity contribution < 1.29 is 4.79 Å². The third kappa shape index (κ3) is 3.39. The molecule has 1 saturated heterocycles. The van der Waals surface area contributed by atoms with Crippen LogP contribution < -0.4 is 5.32 Å². The normalized spacial score (nSPS) is 22.2. The zero-order chi connectivity index (χ0) is 17.1. The number of likely N-dealkylation sites (tertiary alicyclic amines) is 1. The molecule has 2 amide bonds. The lowest BCUT2D eigenvalue weighted by atomic mass is 9.94. The summed E-state index contributed by atoms with van der Waals surface area (Å²) in [4.78, 5) is 14.5. The van der Waals surface area contributed by atoms with Crippen LogP contribution in [0.5, 0.6) is 0 Å². The second-order valence-electron chi connectivity index (χ2n) is 6.63. The average Bonchev–Trinajstić information content (AvgIpc) is 3.05. The minimum atomic E-state index is -0.278. The predicted octanol–water partition coefficient (Wildman–Crippen LogP) is 2.55. The van der Waals surface area contributed by atoms with Crippen molar-refractivity contribution >= 4 is 6.03 Å². The van der Waals surface area contributed by atoms with Gasteiger partial charge in [-0.25, -0.2) is 4.79 Å². The molecule has 0 bridgehead atoms. The SMILES string of the molecule is C[C@@H]1CCN(C(=O)N[C@H](C)c2nnnn2-c2ccccc2)[C@H](C)C1. The number of para-hydroxylation sites is 1. The molecule has 3 atom stereocenters. The van der Waals surface area contributed by atoms with Gasteiger partial charge in [-0.15, -0.1) is 5.10 Å². The third-order valence-electron chi connectivity index (χ3n) is 4.62. The Morgan fingerprint density at radius 1 is 1.29 bits per heavy atom. The first-order valence-electron chi connectivity index (χ1n) is 8.47. The summed E-state index contributed by atoms with van der Waals surface area (Å²) in [5, 5.41) is 14.9. The number of urea groups is 1. The number of hydrogen-bond donors (Lipinski definition) is 1. The summed E-state index contributed by atoms with van der Waals surface area (Å²) in [6.07, 6.45) is 2.09. The van der Waals surface area contributed by atoms with E-state index in [2.05, 4.69) is 34.7 Å². The minimum Gasteiger partial charge on any atom is -0.328 e. The molecule has 1 aliphatic rings. The van der Waals surface area contributed by atoms with Gasteiger partial charge in [-0.1, -0.05) is 25.1 Å². The second-order valence-corrected chi connectivity index (χ2v) is 6.63. The van der Waals surface area contributed by atoms with E-state index in [4.69, 9.17) is 0 Å². The maximum Gasteiger partial charge on any atom is 0.318 e. The number of aromatic nitrogens is 4. The van der Waals surface area contributed by atoms with Gasteiger partial charge in [0, 0.05) is 12.6 Å². The highest BCUT2D eigenvalue weighted by Gasteiger charge is 2.28. The summed E-state index contributed by atoms with van der Waals surface area (Å²) in [5.74, 6) is 1.29. The van der Waals surface area contributed by atoms with Crippen LogP contribution in [0.4, 0.5) is 4.79 Å². The van der Waals surface area contributed by atoms with Crippen LogP contribution in [0.1, 0.15) is 45.5 Å². The van der Waals surface area contributed by atoms with Crippen LogP contribution in [0.15, 0.2) is 30.3 Å². The molecule has 1 aliphatic heterocycles. The number of piperidine rings is 1. The van der Waals surface area contributed by atoms with Gasteiger partial charge in [0.2, 0.25) is 0 Å². The van der Waals surface area contributed by atoms with Gasteiger partial charge in [-0.3, -0.25) is 0 Å². The molecule has 0 radical (unpaired) electrons. The van der Waals surface area contributed by atoms with Crippen molar-refractivity contribution in [3.8, 4) is 5.69 Å². The lowest BCUT2D eigenvalue weighted by Gasteiger charge is -2.37. The van der Waals surface area contributed by atoms with Crippen molar-refractivity contribution in [2.75, 3.05) is 6.54 Å². The van der Waals surface area contributed by atoms with Crippen molar-refractivity contribution in [1.29, 1.82) is 0 Å². The minimum absolute atomic E-state index is 0.0514. The topological polar surface area (TPSA) is 75.9 Å². The molecule has 24 heavy (non-hydrogen) atoms. The van der Waals surface area contributed by atoms with Crippen molar-refractivity contribution in [3.63, 3.8) is 0 Å². The van der Waals surface area contributed by atoms with Gasteiger partial charge in [-0.05, 0) is 55.2 Å². The molecule has 1 fully saturated rings. The maximum absolute atomic E-state index is 12.6. The van der Waals surface area contributed by atoms with E-state index in [-0.39, 0.29) is 18.1 Å². The van der Waals surface area contributed by atoms with Crippen LogP contribution in [0.2, 0.25) is 0 Å². The Bertz CT molecular complexity index is 685. The van der Waals surface area contributed by atoms with Gasteiger partial charge in [0.1, 0.15) is 0 Å². The lowest BCUT2D eigenvalue weighted by Crippen LogP contribution is -2.49. The number of nitrogens with zero attached hydrogens (tertiary/aromatic N) is 5. The molecule has 7 nitrogen and oxygen atoms in total. The Morgan fingerprint density at radius 3 is 2.75 bits per heavy atom. The zero-order valence-corrected chi connectivity index (χ0v) is 14.4. The van der Waals surface area contributed by atoms with Crippen LogP contribution in [0.3, 0.4) is 0 Å². The molecule has 7 heteroatoms. The molecule has 0 unspecified atom stereocenters. The van der Waals surface area contributed by atoms with Gasteiger partial charge in [0.25, 0.3) is 0 Å². The van der Waals surface area contributed by atoms with Crippen LogP contribution in [0.25, 0.3) is 5.69 Å². The standard InChI is InChI=1S/C17H24N6O/c1-12-9-10-22(13(2)11-12)17(24)18-14(3)16-19-20-21-23(16)15-7-5-4-6-8-15/h4-8,12-14H,9-11H2,1-3H3,(H,18,24)/t12-,13-,14-/m1/s1. The molecule has 1 N–H and O–H groups in total. The number of benzene rings is 1. The smallest absolute Gasteiger partial charge is 0.318 e. The van der Waals surface area contributed by atoms with Crippen LogP contribution >= 0.6 is 0 Å². The van der Waals surface area contributed by atoms with Crippen molar-refractivity contribution in [3.05, 3.63) is 36.2 Å². The van der Waals surface area contributed by atoms with Crippen LogP contribution in [-0.4, -0.2) is 43.7 Å². The number of nitrogens with one attached hydrogen (secondary N) is 1. The first kappa shape index (κ1) is 16.4. The Balaban J connectivity index is 1.71. The summed E-state index contributed by atoms with van der Waals surface area (Å²) in [6.45, 7) is 7.04. The van der Waals surface area contributed by atoms with Crippen molar-refractivity contribution in [2.24, 2.45) is 5.92 Å². The summed E-state index contributed by atoms with van der Waals surface area (Å²) in [7, 11) is 0. The number of carbonyl (C=O) groups is 1. The molecule has 2 aromatic rings. The van der Waals surface area contributed by atoms with E-state index >= 15 is 0 Å².